The number of ether oxygens (including phenoxy) is 1. The molecule has 0 aliphatic rings. The Hall–Kier alpha value is -1.55. The molecule has 98 valence electrons. The Kier molecular flexibility index (Phi) is 5.16. The minimum Gasteiger partial charge on any atom is -0.467 e. The molecule has 0 heterocycles. The van der Waals surface area contributed by atoms with Gasteiger partial charge in [0.05, 0.1) is 13.5 Å². The van der Waals surface area contributed by atoms with Crippen molar-refractivity contribution in [2.24, 2.45) is 0 Å². The number of carbonyl (C=O) groups excluding carboxylic acids is 2. The lowest BCUT2D eigenvalue weighted by Crippen LogP contribution is -2.39. The number of amides is 1. The molecule has 1 aromatic rings. The predicted molar refractivity (Wildman–Crippen MR) is 69.5 cm³/mol. The van der Waals surface area contributed by atoms with Crippen molar-refractivity contribution in [3.05, 3.63) is 34.3 Å². The van der Waals surface area contributed by atoms with Crippen molar-refractivity contribution in [3.63, 3.8) is 0 Å². The zero-order valence-corrected chi connectivity index (χ0v) is 11.4. The standard InChI is InChI=1S/C13H16ClNO3/c1-8-4-5-10(11(14)6-8)7-12(16)15-9(2)13(17)18-3/h4-6,9H,7H2,1-3H3,(H,15,16). The first kappa shape index (κ1) is 14.5. The largest absolute Gasteiger partial charge is 0.467 e. The molecule has 0 radical (unpaired) electrons. The van der Waals surface area contributed by atoms with Gasteiger partial charge in [-0.2, -0.15) is 0 Å². The minimum atomic E-state index is -0.660. The Morgan fingerprint density at radius 3 is 2.67 bits per heavy atom. The van der Waals surface area contributed by atoms with Gasteiger partial charge >= 0.3 is 5.97 Å². The highest BCUT2D eigenvalue weighted by Crippen LogP contribution is 2.17. The van der Waals surface area contributed by atoms with Crippen LogP contribution in [-0.4, -0.2) is 25.0 Å². The summed E-state index contributed by atoms with van der Waals surface area (Å²) < 4.78 is 4.52. The summed E-state index contributed by atoms with van der Waals surface area (Å²) in [6.07, 6.45) is 0.139. The molecule has 0 aromatic heterocycles. The van der Waals surface area contributed by atoms with Gasteiger partial charge in [-0.3, -0.25) is 4.79 Å². The number of nitrogens with one attached hydrogen (secondary N) is 1. The molecule has 5 heteroatoms. The van der Waals surface area contributed by atoms with Crippen LogP contribution < -0.4 is 5.32 Å². The molecular weight excluding hydrogens is 254 g/mol. The molecule has 1 amide bonds. The van der Waals surface area contributed by atoms with E-state index in [0.29, 0.717) is 5.02 Å². The molecule has 0 saturated heterocycles. The summed E-state index contributed by atoms with van der Waals surface area (Å²) in [7, 11) is 1.28. The average molecular weight is 270 g/mol. The number of carbonyl (C=O) groups is 2. The molecule has 1 N–H and O–H groups in total. The number of halogens is 1. The number of rotatable bonds is 4. The molecule has 1 atom stereocenters. The third-order valence-corrected chi connectivity index (χ3v) is 2.84. The Morgan fingerprint density at radius 2 is 2.11 bits per heavy atom. The normalized spacial score (nSPS) is 11.8. The highest BCUT2D eigenvalue weighted by atomic mass is 35.5. The fourth-order valence-electron chi connectivity index (χ4n) is 1.50. The van der Waals surface area contributed by atoms with Crippen LogP contribution in [-0.2, 0) is 20.7 Å². The summed E-state index contributed by atoms with van der Waals surface area (Å²) in [5.74, 6) is -0.739. The van der Waals surface area contributed by atoms with Gasteiger partial charge in [0.2, 0.25) is 5.91 Å². The Morgan fingerprint density at radius 1 is 1.44 bits per heavy atom. The number of aryl methyl sites for hydroxylation is 1. The van der Waals surface area contributed by atoms with E-state index in [2.05, 4.69) is 10.1 Å². The van der Waals surface area contributed by atoms with Crippen LogP contribution in [0.1, 0.15) is 18.1 Å². The van der Waals surface area contributed by atoms with Crippen LogP contribution >= 0.6 is 11.6 Å². The second kappa shape index (κ2) is 6.40. The quantitative estimate of drug-likeness (QED) is 0.849. The first-order chi connectivity index (χ1) is 8.43. The van der Waals surface area contributed by atoms with Crippen LogP contribution in [0.5, 0.6) is 0 Å². The average Bonchev–Trinajstić information content (AvgIpc) is 2.31. The Bertz CT molecular complexity index is 460. The second-order valence-corrected chi connectivity index (χ2v) is 4.49. The zero-order valence-electron chi connectivity index (χ0n) is 10.6. The van der Waals surface area contributed by atoms with Crippen LogP contribution in [0.4, 0.5) is 0 Å². The van der Waals surface area contributed by atoms with Gasteiger partial charge in [-0.05, 0) is 31.0 Å². The highest BCUT2D eigenvalue weighted by molar-refractivity contribution is 6.31. The van der Waals surface area contributed by atoms with Crippen LogP contribution in [0, 0.1) is 6.92 Å². The monoisotopic (exact) mass is 269 g/mol. The van der Waals surface area contributed by atoms with Crippen molar-refractivity contribution < 1.29 is 14.3 Å². The molecule has 1 aromatic carbocycles. The van der Waals surface area contributed by atoms with Crippen LogP contribution in [0.15, 0.2) is 18.2 Å². The van der Waals surface area contributed by atoms with Gasteiger partial charge in [0.1, 0.15) is 6.04 Å². The number of hydrogen-bond acceptors (Lipinski definition) is 3. The smallest absolute Gasteiger partial charge is 0.328 e. The molecule has 0 spiro atoms. The van der Waals surface area contributed by atoms with E-state index < -0.39 is 12.0 Å². The lowest BCUT2D eigenvalue weighted by Gasteiger charge is -2.12. The van der Waals surface area contributed by atoms with Gasteiger partial charge in [-0.15, -0.1) is 0 Å². The van der Waals surface area contributed by atoms with Gasteiger partial charge in [-0.1, -0.05) is 23.7 Å². The van der Waals surface area contributed by atoms with Crippen molar-refractivity contribution in [1.82, 2.24) is 5.32 Å². The van der Waals surface area contributed by atoms with Crippen molar-refractivity contribution in [2.45, 2.75) is 26.3 Å². The Balaban J connectivity index is 2.62. The number of methoxy groups -OCH3 is 1. The summed E-state index contributed by atoms with van der Waals surface area (Å²) in [5.41, 5.74) is 1.77. The van der Waals surface area contributed by atoms with E-state index >= 15 is 0 Å². The van der Waals surface area contributed by atoms with E-state index in [9.17, 15) is 9.59 Å². The first-order valence-corrected chi connectivity index (χ1v) is 5.94. The molecule has 4 nitrogen and oxygen atoms in total. The number of hydrogen-bond donors (Lipinski definition) is 1. The topological polar surface area (TPSA) is 55.4 Å². The van der Waals surface area contributed by atoms with E-state index in [0.717, 1.165) is 11.1 Å². The molecular formula is C13H16ClNO3. The fraction of sp³-hybridized carbons (Fsp3) is 0.385. The molecule has 0 fully saturated rings. The first-order valence-electron chi connectivity index (χ1n) is 5.56. The van der Waals surface area contributed by atoms with Gasteiger partial charge < -0.3 is 10.1 Å². The van der Waals surface area contributed by atoms with Crippen molar-refractivity contribution >= 4 is 23.5 Å². The maximum atomic E-state index is 11.7. The van der Waals surface area contributed by atoms with E-state index in [-0.39, 0.29) is 12.3 Å². The molecule has 0 bridgehead atoms. The summed E-state index contributed by atoms with van der Waals surface area (Å²) in [5, 5.41) is 3.10. The second-order valence-electron chi connectivity index (χ2n) is 4.08. The zero-order chi connectivity index (χ0) is 13.7. The third-order valence-electron chi connectivity index (χ3n) is 2.49. The molecule has 0 saturated carbocycles. The third kappa shape index (κ3) is 4.04. The van der Waals surface area contributed by atoms with Crippen LogP contribution in [0.2, 0.25) is 5.02 Å². The van der Waals surface area contributed by atoms with E-state index in [1.165, 1.54) is 7.11 Å². The van der Waals surface area contributed by atoms with E-state index in [4.69, 9.17) is 11.6 Å². The molecule has 1 rings (SSSR count). The van der Waals surface area contributed by atoms with Crippen molar-refractivity contribution in [2.75, 3.05) is 7.11 Å². The van der Waals surface area contributed by atoms with Crippen LogP contribution in [0.25, 0.3) is 0 Å². The van der Waals surface area contributed by atoms with Gasteiger partial charge in [0.25, 0.3) is 0 Å². The maximum absolute atomic E-state index is 11.7. The number of esters is 1. The summed E-state index contributed by atoms with van der Waals surface area (Å²) in [6.45, 7) is 3.50. The van der Waals surface area contributed by atoms with Crippen molar-refractivity contribution in [3.8, 4) is 0 Å². The lowest BCUT2D eigenvalue weighted by molar-refractivity contribution is -0.144. The molecule has 0 aliphatic carbocycles. The van der Waals surface area contributed by atoms with E-state index in [1.807, 2.05) is 13.0 Å². The van der Waals surface area contributed by atoms with Gasteiger partial charge in [-0.25, -0.2) is 4.79 Å². The maximum Gasteiger partial charge on any atom is 0.328 e. The van der Waals surface area contributed by atoms with Crippen LogP contribution in [0.3, 0.4) is 0 Å². The molecule has 0 aliphatic heterocycles. The van der Waals surface area contributed by atoms with E-state index in [1.54, 1.807) is 19.1 Å². The highest BCUT2D eigenvalue weighted by Gasteiger charge is 2.16. The van der Waals surface area contributed by atoms with Gasteiger partial charge in [0, 0.05) is 5.02 Å². The Labute approximate surface area is 111 Å². The minimum absolute atomic E-state index is 0.139. The van der Waals surface area contributed by atoms with Crippen molar-refractivity contribution in [1.29, 1.82) is 0 Å². The summed E-state index contributed by atoms with van der Waals surface area (Å²) in [6, 6.07) is 4.83. The SMILES string of the molecule is COC(=O)C(C)NC(=O)Cc1ccc(C)cc1Cl. The molecule has 18 heavy (non-hydrogen) atoms. The fourth-order valence-corrected chi connectivity index (χ4v) is 1.80. The summed E-state index contributed by atoms with van der Waals surface area (Å²) >= 11 is 6.03. The number of benzene rings is 1. The summed E-state index contributed by atoms with van der Waals surface area (Å²) in [4.78, 5) is 22.9. The predicted octanol–water partition coefficient (Wildman–Crippen LogP) is 1.87. The van der Waals surface area contributed by atoms with Gasteiger partial charge in [0.15, 0.2) is 0 Å². The molecule has 1 unspecified atom stereocenters. The lowest BCUT2D eigenvalue weighted by atomic mass is 10.1.